The van der Waals surface area contributed by atoms with Gasteiger partial charge < -0.3 is 19.3 Å². The Morgan fingerprint density at radius 3 is 2.48 bits per heavy atom. The molecule has 0 atom stereocenters. The normalized spacial score (nSPS) is 21.1. The molecule has 1 amide bonds. The number of ether oxygens (including phenoxy) is 2. The minimum Gasteiger partial charge on any atom is -0.486 e. The molecular formula is C22H28N4O6S. The number of hydrogen-bond acceptors (Lipinski definition) is 8. The zero-order valence-electron chi connectivity index (χ0n) is 18.6. The standard InChI is InChI=1S/C22H28N4O6S/c1-15-23-21(25-32-15)22(8-2-3-9-22)24-20(27)16-6-10-26(11-7-16)33(28,29)17-4-5-18-19(14-17)31-13-12-30-18/h4-5,14,16H,2-3,6-13H2,1H3,(H,24,27). The Balaban J connectivity index is 1.24. The summed E-state index contributed by atoms with van der Waals surface area (Å²) in [7, 11) is -3.69. The second-order valence-electron chi connectivity index (χ2n) is 8.90. The number of aromatic nitrogens is 2. The summed E-state index contributed by atoms with van der Waals surface area (Å²) in [5.41, 5.74) is -0.594. The Kier molecular flexibility index (Phi) is 5.77. The van der Waals surface area contributed by atoms with Gasteiger partial charge in [0.05, 0.1) is 4.90 Å². The van der Waals surface area contributed by atoms with E-state index in [2.05, 4.69) is 15.5 Å². The maximum absolute atomic E-state index is 13.2. The minimum atomic E-state index is -3.69. The molecule has 2 aromatic rings. The molecule has 33 heavy (non-hydrogen) atoms. The Morgan fingerprint density at radius 1 is 1.12 bits per heavy atom. The highest BCUT2D eigenvalue weighted by Crippen LogP contribution is 2.38. The molecule has 3 aliphatic rings. The fourth-order valence-electron chi connectivity index (χ4n) is 4.91. The monoisotopic (exact) mass is 476 g/mol. The number of nitrogens with one attached hydrogen (secondary N) is 1. The van der Waals surface area contributed by atoms with Crippen molar-refractivity contribution in [1.29, 1.82) is 0 Å². The summed E-state index contributed by atoms with van der Waals surface area (Å²) in [4.78, 5) is 17.7. The zero-order chi connectivity index (χ0) is 23.1. The van der Waals surface area contributed by atoms with Gasteiger partial charge in [-0.3, -0.25) is 4.79 Å². The molecule has 1 saturated carbocycles. The van der Waals surface area contributed by atoms with Crippen molar-refractivity contribution < 1.29 is 27.2 Å². The van der Waals surface area contributed by atoms with Gasteiger partial charge in [-0.05, 0) is 37.8 Å². The van der Waals surface area contributed by atoms with Crippen molar-refractivity contribution in [2.24, 2.45) is 5.92 Å². The first-order valence-corrected chi connectivity index (χ1v) is 12.8. The number of aryl methyl sites for hydroxylation is 1. The lowest BCUT2D eigenvalue weighted by Gasteiger charge is -2.33. The third-order valence-corrected chi connectivity index (χ3v) is 8.65. The largest absolute Gasteiger partial charge is 0.486 e. The second-order valence-corrected chi connectivity index (χ2v) is 10.8. The van der Waals surface area contributed by atoms with Crippen LogP contribution in [-0.4, -0.2) is 55.1 Å². The topological polar surface area (TPSA) is 124 Å². The van der Waals surface area contributed by atoms with Crippen molar-refractivity contribution in [1.82, 2.24) is 19.8 Å². The molecule has 0 bridgehead atoms. The average molecular weight is 477 g/mol. The fourth-order valence-corrected chi connectivity index (χ4v) is 6.39. The summed E-state index contributed by atoms with van der Waals surface area (Å²) in [5, 5.41) is 7.26. The maximum Gasteiger partial charge on any atom is 0.243 e. The summed E-state index contributed by atoms with van der Waals surface area (Å²) in [6.07, 6.45) is 4.43. The van der Waals surface area contributed by atoms with E-state index in [4.69, 9.17) is 14.0 Å². The smallest absolute Gasteiger partial charge is 0.243 e. The molecule has 1 N–H and O–H groups in total. The first-order valence-electron chi connectivity index (χ1n) is 11.4. The van der Waals surface area contributed by atoms with Crippen molar-refractivity contribution in [3.8, 4) is 11.5 Å². The van der Waals surface area contributed by atoms with Gasteiger partial charge in [0.15, 0.2) is 17.3 Å². The van der Waals surface area contributed by atoms with Gasteiger partial charge in [0.2, 0.25) is 21.8 Å². The maximum atomic E-state index is 13.2. The summed E-state index contributed by atoms with van der Waals surface area (Å²) < 4.78 is 43.9. The van der Waals surface area contributed by atoms with Crippen molar-refractivity contribution in [2.45, 2.75) is 55.9 Å². The summed E-state index contributed by atoms with van der Waals surface area (Å²) in [6.45, 7) is 3.13. The number of sulfonamides is 1. The van der Waals surface area contributed by atoms with Gasteiger partial charge in [0, 0.05) is 32.0 Å². The Labute approximate surface area is 192 Å². The van der Waals surface area contributed by atoms with E-state index in [-0.39, 0.29) is 29.8 Å². The van der Waals surface area contributed by atoms with Crippen molar-refractivity contribution in [2.75, 3.05) is 26.3 Å². The summed E-state index contributed by atoms with van der Waals surface area (Å²) in [5.74, 6) is 1.66. The van der Waals surface area contributed by atoms with Gasteiger partial charge >= 0.3 is 0 Å². The third-order valence-electron chi connectivity index (χ3n) is 6.75. The van der Waals surface area contributed by atoms with Crippen molar-refractivity contribution >= 4 is 15.9 Å². The van der Waals surface area contributed by atoms with Gasteiger partial charge in [-0.25, -0.2) is 8.42 Å². The van der Waals surface area contributed by atoms with Gasteiger partial charge in [0.1, 0.15) is 18.8 Å². The third kappa shape index (κ3) is 4.19. The molecule has 3 heterocycles. The van der Waals surface area contributed by atoms with Crippen molar-refractivity contribution in [3.63, 3.8) is 0 Å². The first-order chi connectivity index (χ1) is 15.9. The van der Waals surface area contributed by atoms with Crippen LogP contribution in [0.15, 0.2) is 27.6 Å². The summed E-state index contributed by atoms with van der Waals surface area (Å²) >= 11 is 0. The molecule has 1 aliphatic carbocycles. The molecule has 2 aliphatic heterocycles. The number of benzene rings is 1. The van der Waals surface area contributed by atoms with Crippen LogP contribution in [0, 0.1) is 12.8 Å². The minimum absolute atomic E-state index is 0.0734. The van der Waals surface area contributed by atoms with Crippen LogP contribution in [0.1, 0.15) is 50.2 Å². The van der Waals surface area contributed by atoms with Gasteiger partial charge in [-0.15, -0.1) is 0 Å². The Bertz CT molecular complexity index is 1130. The molecule has 178 valence electrons. The lowest BCUT2D eigenvalue weighted by atomic mass is 9.92. The van der Waals surface area contributed by atoms with Crippen LogP contribution in [-0.2, 0) is 20.4 Å². The van der Waals surface area contributed by atoms with Gasteiger partial charge in [0.25, 0.3) is 0 Å². The number of carbonyl (C=O) groups excluding carboxylic acids is 1. The van der Waals surface area contributed by atoms with Crippen LogP contribution in [0.3, 0.4) is 0 Å². The van der Waals surface area contributed by atoms with E-state index in [1.165, 1.54) is 10.4 Å². The highest BCUT2D eigenvalue weighted by atomic mass is 32.2. The van der Waals surface area contributed by atoms with Crippen LogP contribution in [0.5, 0.6) is 11.5 Å². The van der Waals surface area contributed by atoms with E-state index >= 15 is 0 Å². The fraction of sp³-hybridized carbons (Fsp3) is 0.591. The molecule has 11 heteroatoms. The zero-order valence-corrected chi connectivity index (χ0v) is 19.4. The van der Waals surface area contributed by atoms with Crippen molar-refractivity contribution in [3.05, 3.63) is 29.9 Å². The molecule has 0 spiro atoms. The SMILES string of the molecule is Cc1nc(C2(NC(=O)C3CCN(S(=O)(=O)c4ccc5c(c4)OCCO5)CC3)CCCC2)no1. The highest BCUT2D eigenvalue weighted by molar-refractivity contribution is 7.89. The lowest BCUT2D eigenvalue weighted by Crippen LogP contribution is -2.49. The number of hydrogen-bond donors (Lipinski definition) is 1. The van der Waals surface area contributed by atoms with E-state index in [9.17, 15) is 13.2 Å². The molecule has 0 radical (unpaired) electrons. The van der Waals surface area contributed by atoms with Crippen LogP contribution < -0.4 is 14.8 Å². The Hall–Kier alpha value is -2.66. The first kappa shape index (κ1) is 22.1. The number of carbonyl (C=O) groups is 1. The molecule has 1 aromatic carbocycles. The molecular weight excluding hydrogens is 448 g/mol. The van der Waals surface area contributed by atoms with Crippen LogP contribution >= 0.6 is 0 Å². The average Bonchev–Trinajstić information content (AvgIpc) is 3.48. The van der Waals surface area contributed by atoms with Crippen LogP contribution in [0.2, 0.25) is 0 Å². The number of nitrogens with zero attached hydrogens (tertiary/aromatic N) is 3. The van der Waals surface area contributed by atoms with E-state index in [0.29, 0.717) is 49.3 Å². The van der Waals surface area contributed by atoms with E-state index < -0.39 is 15.6 Å². The number of fused-ring (bicyclic) bond motifs is 1. The molecule has 1 saturated heterocycles. The molecule has 0 unspecified atom stereocenters. The van der Waals surface area contributed by atoms with Crippen LogP contribution in [0.25, 0.3) is 0 Å². The van der Waals surface area contributed by atoms with Crippen LogP contribution in [0.4, 0.5) is 0 Å². The predicted molar refractivity (Wildman–Crippen MR) is 116 cm³/mol. The lowest BCUT2D eigenvalue weighted by molar-refractivity contribution is -0.128. The van der Waals surface area contributed by atoms with E-state index in [0.717, 1.165) is 25.7 Å². The van der Waals surface area contributed by atoms with Gasteiger partial charge in [-0.1, -0.05) is 18.0 Å². The van der Waals surface area contributed by atoms with Gasteiger partial charge in [-0.2, -0.15) is 9.29 Å². The molecule has 1 aromatic heterocycles. The predicted octanol–water partition coefficient (Wildman–Crippen LogP) is 2.14. The molecule has 2 fully saturated rings. The molecule has 5 rings (SSSR count). The molecule has 10 nitrogen and oxygen atoms in total. The number of rotatable bonds is 5. The van der Waals surface area contributed by atoms with E-state index in [1.54, 1.807) is 19.1 Å². The van der Waals surface area contributed by atoms with E-state index in [1.807, 2.05) is 0 Å². The number of amides is 1. The quantitative estimate of drug-likeness (QED) is 0.696. The summed E-state index contributed by atoms with van der Waals surface area (Å²) in [6, 6.07) is 4.68. The number of piperidine rings is 1. The Morgan fingerprint density at radius 2 is 1.82 bits per heavy atom. The highest BCUT2D eigenvalue weighted by Gasteiger charge is 2.43. The second kappa shape index (κ2) is 8.60.